The molecule has 0 aromatic heterocycles. The Hall–Kier alpha value is -1.32. The number of carbonyl (C=O) groups is 2. The Bertz CT molecular complexity index is 113. The highest BCUT2D eigenvalue weighted by Crippen LogP contribution is 1.78. The van der Waals surface area contributed by atoms with Crippen LogP contribution in [0.3, 0.4) is 0 Å². The van der Waals surface area contributed by atoms with E-state index >= 15 is 0 Å². The van der Waals surface area contributed by atoms with Crippen molar-refractivity contribution < 1.29 is 9.59 Å². The van der Waals surface area contributed by atoms with E-state index < -0.39 is 6.03 Å². The lowest BCUT2D eigenvalue weighted by molar-refractivity contribution is -0.113. The Morgan fingerprint density at radius 1 is 1.75 bits per heavy atom. The normalized spacial score (nSPS) is 7.50. The molecule has 4 heteroatoms. The number of nitrogens with two attached hydrogens (primary N) is 1. The third-order valence-electron chi connectivity index (χ3n) is 0.565. The molecule has 0 aromatic carbocycles. The van der Waals surface area contributed by atoms with Crippen molar-refractivity contribution in [2.24, 2.45) is 5.73 Å². The summed E-state index contributed by atoms with van der Waals surface area (Å²) >= 11 is 0. The van der Waals surface area contributed by atoms with Crippen LogP contribution >= 0.6 is 0 Å². The summed E-state index contributed by atoms with van der Waals surface area (Å²) in [4.78, 5) is 20.4. The molecule has 0 aliphatic rings. The number of amides is 3. The van der Waals surface area contributed by atoms with Crippen molar-refractivity contribution in [3.8, 4) is 0 Å². The zero-order valence-electron chi connectivity index (χ0n) is 4.20. The van der Waals surface area contributed by atoms with Crippen molar-refractivity contribution in [3.63, 3.8) is 0 Å². The second kappa shape index (κ2) is 2.79. The number of carbonyl (C=O) groups excluding carboxylic acids is 2. The molecule has 0 rings (SSSR count). The molecular weight excluding hydrogens is 108 g/mol. The van der Waals surface area contributed by atoms with Crippen molar-refractivity contribution in [3.05, 3.63) is 12.8 Å². The van der Waals surface area contributed by atoms with Gasteiger partial charge in [-0.15, -0.1) is 0 Å². The predicted octanol–water partition coefficient (Wildman–Crippen LogP) is -0.333. The van der Waals surface area contributed by atoms with Crippen molar-refractivity contribution in [2.75, 3.05) is 0 Å². The van der Waals surface area contributed by atoms with E-state index in [1.807, 2.05) is 0 Å². The van der Waals surface area contributed by atoms with E-state index in [4.69, 9.17) is 0 Å². The van der Waals surface area contributed by atoms with Crippen LogP contribution in [0, 0.1) is 0 Å². The van der Waals surface area contributed by atoms with Gasteiger partial charge in [0.25, 0.3) is 0 Å². The van der Waals surface area contributed by atoms with Crippen LogP contribution in [-0.2, 0) is 4.79 Å². The second-order valence-corrected chi connectivity index (χ2v) is 1.03. The van der Waals surface area contributed by atoms with Gasteiger partial charge in [-0.05, 0) is 0 Å². The SMILES string of the molecule is C=CN(C=O)C(N)=O. The lowest BCUT2D eigenvalue weighted by atomic mass is 10.8. The molecule has 0 saturated carbocycles. The first kappa shape index (κ1) is 6.68. The number of rotatable bonds is 2. The van der Waals surface area contributed by atoms with Gasteiger partial charge in [0.05, 0.1) is 0 Å². The van der Waals surface area contributed by atoms with Gasteiger partial charge in [-0.2, -0.15) is 0 Å². The van der Waals surface area contributed by atoms with Gasteiger partial charge < -0.3 is 5.73 Å². The molecule has 0 aliphatic heterocycles. The highest BCUT2D eigenvalue weighted by Gasteiger charge is 1.98. The van der Waals surface area contributed by atoms with Gasteiger partial charge in [0, 0.05) is 6.20 Å². The molecule has 0 atom stereocenters. The maximum atomic E-state index is 10.0. The molecule has 44 valence electrons. The fraction of sp³-hybridized carbons (Fsp3) is 0. The van der Waals surface area contributed by atoms with E-state index in [0.29, 0.717) is 4.90 Å². The summed E-state index contributed by atoms with van der Waals surface area (Å²) in [5.74, 6) is 0. The molecule has 0 heterocycles. The number of nitrogens with zero attached hydrogens (tertiary/aromatic N) is 1. The summed E-state index contributed by atoms with van der Waals surface area (Å²) in [6.45, 7) is 3.15. The largest absolute Gasteiger partial charge is 0.351 e. The maximum absolute atomic E-state index is 10.0. The minimum Gasteiger partial charge on any atom is -0.351 e. The van der Waals surface area contributed by atoms with Crippen LogP contribution in [0.5, 0.6) is 0 Å². The summed E-state index contributed by atoms with van der Waals surface area (Å²) < 4.78 is 0. The van der Waals surface area contributed by atoms with E-state index in [1.54, 1.807) is 0 Å². The monoisotopic (exact) mass is 114 g/mol. The van der Waals surface area contributed by atoms with Crippen LogP contribution in [0.1, 0.15) is 0 Å². The fourth-order valence-corrected chi connectivity index (χ4v) is 0.185. The zero-order valence-corrected chi connectivity index (χ0v) is 4.20. The molecule has 2 N–H and O–H groups in total. The molecule has 0 spiro atoms. The highest BCUT2D eigenvalue weighted by molar-refractivity contribution is 5.84. The molecular formula is C4H6N2O2. The van der Waals surface area contributed by atoms with Gasteiger partial charge in [-0.3, -0.25) is 4.79 Å². The fourth-order valence-electron chi connectivity index (χ4n) is 0.185. The zero-order chi connectivity index (χ0) is 6.57. The molecule has 0 unspecified atom stereocenters. The maximum Gasteiger partial charge on any atom is 0.325 e. The van der Waals surface area contributed by atoms with Crippen LogP contribution in [0.15, 0.2) is 12.8 Å². The second-order valence-electron chi connectivity index (χ2n) is 1.03. The smallest absolute Gasteiger partial charge is 0.325 e. The minimum absolute atomic E-state index is 0.287. The average Bonchev–Trinajstić information content (AvgIpc) is 1.69. The van der Waals surface area contributed by atoms with Gasteiger partial charge in [0.15, 0.2) is 0 Å². The van der Waals surface area contributed by atoms with Crippen LogP contribution in [0.4, 0.5) is 4.79 Å². The average molecular weight is 114 g/mol. The Balaban J connectivity index is 3.88. The molecule has 0 radical (unpaired) electrons. The number of hydrogen-bond acceptors (Lipinski definition) is 2. The van der Waals surface area contributed by atoms with Crippen molar-refractivity contribution in [2.45, 2.75) is 0 Å². The molecule has 4 nitrogen and oxygen atoms in total. The standard InChI is InChI=1S/C4H6N2O2/c1-2-6(3-7)4(5)8/h2-3H,1H2,(H2,5,8). The summed E-state index contributed by atoms with van der Waals surface area (Å²) in [7, 11) is 0. The number of imide groups is 1. The first-order chi connectivity index (χ1) is 3.72. The summed E-state index contributed by atoms with van der Waals surface area (Å²) in [6.07, 6.45) is 1.32. The Morgan fingerprint density at radius 2 is 2.25 bits per heavy atom. The van der Waals surface area contributed by atoms with Gasteiger partial charge in [-0.25, -0.2) is 9.69 Å². The summed E-state index contributed by atoms with van der Waals surface area (Å²) in [6, 6.07) is -0.824. The van der Waals surface area contributed by atoms with E-state index in [0.717, 1.165) is 6.20 Å². The molecule has 0 aromatic rings. The van der Waals surface area contributed by atoms with Crippen molar-refractivity contribution in [1.82, 2.24) is 4.90 Å². The molecule has 0 saturated heterocycles. The number of primary amides is 1. The van der Waals surface area contributed by atoms with Gasteiger partial charge in [-0.1, -0.05) is 6.58 Å². The molecule has 8 heavy (non-hydrogen) atoms. The Kier molecular flexibility index (Phi) is 2.33. The Labute approximate surface area is 46.6 Å². The van der Waals surface area contributed by atoms with Gasteiger partial charge in [0.1, 0.15) is 0 Å². The predicted molar refractivity (Wildman–Crippen MR) is 27.7 cm³/mol. The molecule has 0 aliphatic carbocycles. The van der Waals surface area contributed by atoms with Crippen LogP contribution < -0.4 is 5.73 Å². The third kappa shape index (κ3) is 1.42. The van der Waals surface area contributed by atoms with E-state index in [1.165, 1.54) is 0 Å². The Morgan fingerprint density at radius 3 is 2.25 bits per heavy atom. The minimum atomic E-state index is -0.824. The summed E-state index contributed by atoms with van der Waals surface area (Å²) in [5.41, 5.74) is 4.64. The third-order valence-corrected chi connectivity index (χ3v) is 0.565. The lowest BCUT2D eigenvalue weighted by Gasteiger charge is -2.01. The van der Waals surface area contributed by atoms with Crippen molar-refractivity contribution >= 4 is 12.4 Å². The number of urea groups is 1. The van der Waals surface area contributed by atoms with Crippen LogP contribution in [0.25, 0.3) is 0 Å². The van der Waals surface area contributed by atoms with E-state index in [-0.39, 0.29) is 6.41 Å². The quantitative estimate of drug-likeness (QED) is 0.499. The van der Waals surface area contributed by atoms with Gasteiger partial charge >= 0.3 is 6.03 Å². The van der Waals surface area contributed by atoms with E-state index in [2.05, 4.69) is 12.3 Å². The highest BCUT2D eigenvalue weighted by atomic mass is 16.2. The first-order valence-electron chi connectivity index (χ1n) is 1.88. The van der Waals surface area contributed by atoms with Crippen molar-refractivity contribution in [1.29, 1.82) is 0 Å². The summed E-state index contributed by atoms with van der Waals surface area (Å²) in [5, 5.41) is 0. The molecule has 3 amide bonds. The van der Waals surface area contributed by atoms with Crippen LogP contribution in [-0.4, -0.2) is 17.3 Å². The number of hydrogen-bond donors (Lipinski definition) is 1. The lowest BCUT2D eigenvalue weighted by Crippen LogP contribution is -2.29. The first-order valence-corrected chi connectivity index (χ1v) is 1.88. The van der Waals surface area contributed by atoms with E-state index in [9.17, 15) is 9.59 Å². The topological polar surface area (TPSA) is 63.4 Å². The molecule has 0 bridgehead atoms. The van der Waals surface area contributed by atoms with Gasteiger partial charge in [0.2, 0.25) is 6.41 Å². The van der Waals surface area contributed by atoms with Crippen LogP contribution in [0.2, 0.25) is 0 Å². The molecule has 0 fully saturated rings.